The molecule has 0 bridgehead atoms. The number of rotatable bonds is 4. The normalized spacial score (nSPS) is 14.0. The first-order valence-corrected chi connectivity index (χ1v) is 6.13. The van der Waals surface area contributed by atoms with E-state index < -0.39 is 0 Å². The molecule has 0 unspecified atom stereocenters. The second kappa shape index (κ2) is 15.2. The lowest BCUT2D eigenvalue weighted by Crippen LogP contribution is -2.31. The second-order valence-electron chi connectivity index (χ2n) is 3.35. The van der Waals surface area contributed by atoms with Crippen LogP contribution in [-0.2, 0) is 0 Å². The van der Waals surface area contributed by atoms with E-state index in [1.165, 1.54) is 38.5 Å². The van der Waals surface area contributed by atoms with E-state index in [1.54, 1.807) is 0 Å². The van der Waals surface area contributed by atoms with Gasteiger partial charge >= 0.3 is 0 Å². The Kier molecular flexibility index (Phi) is 17.5. The van der Waals surface area contributed by atoms with Crippen molar-refractivity contribution in [2.75, 3.05) is 7.05 Å². The number of unbranched alkanes of at least 4 members (excludes halogenated alkanes) is 2. The Morgan fingerprint density at radius 3 is 2.00 bits per heavy atom. The summed E-state index contributed by atoms with van der Waals surface area (Å²) in [4.78, 5) is 0. The predicted octanol–water partition coefficient (Wildman–Crippen LogP) is 4.15. The zero-order valence-electron chi connectivity index (χ0n) is 10.6. The molecule has 0 aromatic heterocycles. The van der Waals surface area contributed by atoms with Crippen LogP contribution >= 0.6 is 0 Å². The van der Waals surface area contributed by atoms with E-state index in [-0.39, 0.29) is 0 Å². The van der Waals surface area contributed by atoms with Crippen LogP contribution in [0.3, 0.4) is 0 Å². The lowest BCUT2D eigenvalue weighted by Gasteiger charge is -2.23. The molecule has 1 N–H and O–H groups in total. The first-order valence-electron chi connectivity index (χ1n) is 6.13. The molecule has 0 heterocycles. The maximum absolute atomic E-state index is 3.60. The Morgan fingerprint density at radius 2 is 1.93 bits per heavy atom. The fourth-order valence-corrected chi connectivity index (χ4v) is 1.05. The summed E-state index contributed by atoms with van der Waals surface area (Å²) < 4.78 is 0. The fraction of sp³-hybridized carbons (Fsp3) is 0.846. The van der Waals surface area contributed by atoms with Gasteiger partial charge in [-0.15, -0.1) is 6.58 Å². The first kappa shape index (κ1) is 16.1. The van der Waals surface area contributed by atoms with Gasteiger partial charge in [-0.1, -0.05) is 46.1 Å². The molecule has 0 spiro atoms. The highest BCUT2D eigenvalue weighted by atomic mass is 14.9. The van der Waals surface area contributed by atoms with Crippen LogP contribution in [0.1, 0.15) is 59.3 Å². The smallest absolute Gasteiger partial charge is 0.00640 e. The van der Waals surface area contributed by atoms with Gasteiger partial charge in [-0.2, -0.15) is 0 Å². The van der Waals surface area contributed by atoms with E-state index in [0.717, 1.165) is 6.04 Å². The molecular formula is C13H29N. The van der Waals surface area contributed by atoms with E-state index in [4.69, 9.17) is 0 Å². The highest BCUT2D eigenvalue weighted by molar-refractivity contribution is 4.73. The van der Waals surface area contributed by atoms with Crippen LogP contribution in [-0.4, -0.2) is 13.1 Å². The molecule has 1 rings (SSSR count). The molecule has 0 aliphatic heterocycles. The highest BCUT2D eigenvalue weighted by Gasteiger charge is 2.13. The molecule has 0 aromatic rings. The van der Waals surface area contributed by atoms with Gasteiger partial charge in [-0.25, -0.2) is 0 Å². The molecule has 86 valence electrons. The van der Waals surface area contributed by atoms with Crippen molar-refractivity contribution in [2.24, 2.45) is 0 Å². The van der Waals surface area contributed by atoms with Gasteiger partial charge in [0.2, 0.25) is 0 Å². The van der Waals surface area contributed by atoms with Crippen LogP contribution in [0, 0.1) is 0 Å². The molecule has 1 heteroatoms. The summed E-state index contributed by atoms with van der Waals surface area (Å²) in [6.07, 6.45) is 9.95. The van der Waals surface area contributed by atoms with Crippen molar-refractivity contribution in [3.8, 4) is 0 Å². The third-order valence-corrected chi connectivity index (χ3v) is 2.28. The molecule has 0 amide bonds. The molecule has 0 radical (unpaired) electrons. The Morgan fingerprint density at radius 1 is 1.36 bits per heavy atom. The van der Waals surface area contributed by atoms with Gasteiger partial charge < -0.3 is 5.32 Å². The summed E-state index contributed by atoms with van der Waals surface area (Å²) in [5.41, 5.74) is 0. The zero-order chi connectivity index (χ0) is 11.2. The van der Waals surface area contributed by atoms with Gasteiger partial charge in [0.05, 0.1) is 0 Å². The van der Waals surface area contributed by atoms with E-state index >= 15 is 0 Å². The first-order chi connectivity index (χ1) is 6.85. The van der Waals surface area contributed by atoms with Crippen LogP contribution in [0.2, 0.25) is 0 Å². The summed E-state index contributed by atoms with van der Waals surface area (Å²) >= 11 is 0. The average Bonchev–Trinajstić information content (AvgIpc) is 2.17. The fourth-order valence-electron chi connectivity index (χ4n) is 1.05. The number of nitrogens with one attached hydrogen (secondary N) is 1. The van der Waals surface area contributed by atoms with Gasteiger partial charge in [0.1, 0.15) is 0 Å². The third kappa shape index (κ3) is 11.7. The minimum absolute atomic E-state index is 0.866. The van der Waals surface area contributed by atoms with Crippen LogP contribution < -0.4 is 5.32 Å². The van der Waals surface area contributed by atoms with Gasteiger partial charge in [-0.3, -0.25) is 0 Å². The molecule has 0 aromatic carbocycles. The van der Waals surface area contributed by atoms with Crippen molar-refractivity contribution in [1.29, 1.82) is 0 Å². The van der Waals surface area contributed by atoms with E-state index in [2.05, 4.69) is 18.8 Å². The van der Waals surface area contributed by atoms with Crippen LogP contribution in [0.4, 0.5) is 0 Å². The Balaban J connectivity index is 0. The number of allylic oxidation sites excluding steroid dienone is 1. The summed E-state index contributed by atoms with van der Waals surface area (Å²) in [7, 11) is 2.03. The van der Waals surface area contributed by atoms with Crippen molar-refractivity contribution in [3.05, 3.63) is 12.7 Å². The quantitative estimate of drug-likeness (QED) is 0.530. The maximum Gasteiger partial charge on any atom is 0.00640 e. The molecule has 1 nitrogen and oxygen atoms in total. The maximum atomic E-state index is 3.60. The van der Waals surface area contributed by atoms with Crippen molar-refractivity contribution >= 4 is 0 Å². The summed E-state index contributed by atoms with van der Waals surface area (Å²) in [6.45, 7) is 9.78. The Hall–Kier alpha value is -0.300. The molecule has 0 saturated heterocycles. The lowest BCUT2D eigenvalue weighted by atomic mass is 9.94. The average molecular weight is 199 g/mol. The second-order valence-corrected chi connectivity index (χ2v) is 3.35. The van der Waals surface area contributed by atoms with Crippen molar-refractivity contribution < 1.29 is 0 Å². The minimum atomic E-state index is 0.866. The van der Waals surface area contributed by atoms with E-state index in [9.17, 15) is 0 Å². The van der Waals surface area contributed by atoms with Crippen molar-refractivity contribution in [2.45, 2.75) is 65.3 Å². The number of hydrogen-bond donors (Lipinski definition) is 1. The molecule has 0 atom stereocenters. The largest absolute Gasteiger partial charge is 0.317 e. The molecule has 14 heavy (non-hydrogen) atoms. The Labute approximate surface area is 91.0 Å². The standard InChI is InChI=1S/C6H12.C5H11N.C2H6/c1-3-5-6-4-2;1-6-5-3-2-4-5;1-2/h3H,1,4-6H2,2H3;5-6H,2-4H2,1H3;1-2H3. The topological polar surface area (TPSA) is 12.0 Å². The predicted molar refractivity (Wildman–Crippen MR) is 67.8 cm³/mol. The van der Waals surface area contributed by atoms with Gasteiger partial charge in [0, 0.05) is 6.04 Å². The van der Waals surface area contributed by atoms with E-state index in [1.807, 2.05) is 27.0 Å². The highest BCUT2D eigenvalue weighted by Crippen LogP contribution is 2.16. The summed E-state index contributed by atoms with van der Waals surface area (Å²) in [6, 6.07) is 0.866. The van der Waals surface area contributed by atoms with Crippen LogP contribution in [0.25, 0.3) is 0 Å². The lowest BCUT2D eigenvalue weighted by molar-refractivity contribution is 0.361. The SMILES string of the molecule is C=CCCCC.CC.CNC1CCC1. The van der Waals surface area contributed by atoms with E-state index in [0.29, 0.717) is 0 Å². The van der Waals surface area contributed by atoms with Crippen LogP contribution in [0.15, 0.2) is 12.7 Å². The molecule has 1 aliphatic rings. The van der Waals surface area contributed by atoms with Crippen LogP contribution in [0.5, 0.6) is 0 Å². The minimum Gasteiger partial charge on any atom is -0.317 e. The molecule has 1 saturated carbocycles. The number of hydrogen-bond acceptors (Lipinski definition) is 1. The summed E-state index contributed by atoms with van der Waals surface area (Å²) in [5, 5.41) is 3.20. The van der Waals surface area contributed by atoms with Gasteiger partial charge in [0.15, 0.2) is 0 Å². The van der Waals surface area contributed by atoms with Gasteiger partial charge in [0.25, 0.3) is 0 Å². The molecule has 1 fully saturated rings. The van der Waals surface area contributed by atoms with Gasteiger partial charge in [-0.05, 0) is 26.3 Å². The zero-order valence-corrected chi connectivity index (χ0v) is 10.6. The third-order valence-electron chi connectivity index (χ3n) is 2.28. The monoisotopic (exact) mass is 199 g/mol. The summed E-state index contributed by atoms with van der Waals surface area (Å²) in [5.74, 6) is 0. The van der Waals surface area contributed by atoms with Crippen molar-refractivity contribution in [1.82, 2.24) is 5.32 Å². The molecular weight excluding hydrogens is 170 g/mol. The molecule has 1 aliphatic carbocycles. The Bertz CT molecular complexity index is 92.7. The van der Waals surface area contributed by atoms with Crippen molar-refractivity contribution in [3.63, 3.8) is 0 Å².